The number of rotatable bonds is 10. The molecule has 1 aliphatic heterocycles. The zero-order valence-corrected chi connectivity index (χ0v) is 21.2. The third-order valence-corrected chi connectivity index (χ3v) is 8.61. The van der Waals surface area contributed by atoms with Crippen molar-refractivity contribution < 1.29 is 38.5 Å². The molecule has 13 nitrogen and oxygen atoms in total. The number of hydrogen-bond acceptors (Lipinski definition) is 9. The molecule has 0 radical (unpaired) electrons. The number of aromatic amines is 1. The van der Waals surface area contributed by atoms with E-state index < -0.39 is 61.1 Å². The van der Waals surface area contributed by atoms with E-state index in [9.17, 15) is 34.3 Å². The first-order valence-electron chi connectivity index (χ1n) is 11.8. The van der Waals surface area contributed by atoms with Gasteiger partial charge in [0.15, 0.2) is 11.8 Å². The molecule has 2 heterocycles. The first-order valence-corrected chi connectivity index (χ1v) is 13.3. The number of aliphatic carboxylic acids is 1. The zero-order chi connectivity index (χ0) is 27.7. The van der Waals surface area contributed by atoms with Crippen molar-refractivity contribution in [3.63, 3.8) is 0 Å². The SMILES string of the molecule is C#C[C@@]1(O)[C@H](O)[C@@H](COP(=O)(NC(C)(C(=O)O)C2CCC2)Oc2ccccc2)O[C@H]1n1ccc(=O)[nH]c1=O. The highest BCUT2D eigenvalue weighted by molar-refractivity contribution is 7.52. The molecule has 1 saturated carbocycles. The fraction of sp³-hybridized carbons (Fsp3) is 0.458. The highest BCUT2D eigenvalue weighted by Gasteiger charge is 2.57. The molecule has 2 aromatic rings. The van der Waals surface area contributed by atoms with Crippen molar-refractivity contribution in [1.29, 1.82) is 0 Å². The van der Waals surface area contributed by atoms with Gasteiger partial charge in [-0.3, -0.25) is 23.7 Å². The summed E-state index contributed by atoms with van der Waals surface area (Å²) in [7, 11) is -4.46. The smallest absolute Gasteiger partial charge is 0.459 e. The number of terminal acetylenes is 1. The summed E-state index contributed by atoms with van der Waals surface area (Å²) >= 11 is 0. The standard InChI is InChI=1S/C24H28N3O10P/c1-3-24(33)19(29)17(36-20(24)27-13-12-18(28)25-22(27)32)14-35-38(34,37-16-10-5-4-6-11-16)26-23(2,21(30)31)15-8-7-9-15/h1,4-6,10-13,15,17,19-20,29,33H,7-9,14H2,2H3,(H,26,34)(H,30,31)(H,25,28,32)/t17-,19-,20-,23?,24-,38?/m1/s1. The Morgan fingerprint density at radius 3 is 2.58 bits per heavy atom. The maximum atomic E-state index is 13.9. The maximum absolute atomic E-state index is 13.9. The summed E-state index contributed by atoms with van der Waals surface area (Å²) in [6, 6.07) is 8.92. The minimum Gasteiger partial charge on any atom is -0.480 e. The molecule has 4 rings (SSSR count). The molecule has 2 unspecified atom stereocenters. The Hall–Kier alpha value is -3.24. The van der Waals surface area contributed by atoms with Crippen molar-refractivity contribution in [2.45, 2.75) is 55.8 Å². The third kappa shape index (κ3) is 5.19. The van der Waals surface area contributed by atoms with E-state index in [1.54, 1.807) is 18.2 Å². The van der Waals surface area contributed by atoms with E-state index in [0.29, 0.717) is 12.8 Å². The van der Waals surface area contributed by atoms with Gasteiger partial charge in [-0.2, -0.15) is 5.09 Å². The zero-order valence-electron chi connectivity index (χ0n) is 20.4. The lowest BCUT2D eigenvalue weighted by atomic mass is 9.72. The van der Waals surface area contributed by atoms with Crippen molar-refractivity contribution in [3.05, 3.63) is 63.4 Å². The van der Waals surface area contributed by atoms with Crippen LogP contribution in [0.3, 0.4) is 0 Å². The first kappa shape index (κ1) is 27.8. The number of aliphatic hydroxyl groups is 2. The van der Waals surface area contributed by atoms with Gasteiger partial charge in [0, 0.05) is 12.3 Å². The minimum absolute atomic E-state index is 0.121. The van der Waals surface area contributed by atoms with Gasteiger partial charge >= 0.3 is 19.4 Å². The van der Waals surface area contributed by atoms with Gasteiger partial charge < -0.3 is 24.6 Å². The molecule has 1 saturated heterocycles. The van der Waals surface area contributed by atoms with E-state index in [-0.39, 0.29) is 11.7 Å². The second-order valence-electron chi connectivity index (χ2n) is 9.40. The number of carboxylic acid groups (broad SMARTS) is 1. The van der Waals surface area contributed by atoms with Crippen LogP contribution in [0.25, 0.3) is 0 Å². The predicted molar refractivity (Wildman–Crippen MR) is 132 cm³/mol. The molecule has 0 amide bonds. The fourth-order valence-electron chi connectivity index (χ4n) is 4.41. The van der Waals surface area contributed by atoms with Crippen LogP contribution in [0.4, 0.5) is 0 Å². The lowest BCUT2D eigenvalue weighted by Crippen LogP contribution is -2.56. The second kappa shape index (κ2) is 10.5. The monoisotopic (exact) mass is 549 g/mol. The third-order valence-electron chi connectivity index (χ3n) is 6.93. The number of benzene rings is 1. The van der Waals surface area contributed by atoms with E-state index in [1.807, 2.05) is 10.9 Å². The molecule has 5 N–H and O–H groups in total. The van der Waals surface area contributed by atoms with Crippen molar-refractivity contribution in [2.24, 2.45) is 5.92 Å². The predicted octanol–water partition coefficient (Wildman–Crippen LogP) is 0.596. The molecule has 0 spiro atoms. The van der Waals surface area contributed by atoms with Crippen LogP contribution in [-0.2, 0) is 18.6 Å². The number of para-hydroxylation sites is 1. The highest BCUT2D eigenvalue weighted by atomic mass is 31.2. The highest BCUT2D eigenvalue weighted by Crippen LogP contribution is 2.50. The number of nitrogens with one attached hydrogen (secondary N) is 2. The van der Waals surface area contributed by atoms with Crippen molar-refractivity contribution in [2.75, 3.05) is 6.61 Å². The van der Waals surface area contributed by atoms with E-state index in [1.165, 1.54) is 19.1 Å². The number of aliphatic hydroxyl groups excluding tert-OH is 1. The van der Waals surface area contributed by atoms with Gasteiger partial charge in [0.2, 0.25) is 0 Å². The Balaban J connectivity index is 1.61. The van der Waals surface area contributed by atoms with Crippen LogP contribution < -0.4 is 20.9 Å². The Morgan fingerprint density at radius 2 is 2.03 bits per heavy atom. The van der Waals surface area contributed by atoms with Gasteiger partial charge in [-0.05, 0) is 37.8 Å². The lowest BCUT2D eigenvalue weighted by molar-refractivity contribution is -0.147. The maximum Gasteiger partial charge on any atom is 0.459 e. The van der Waals surface area contributed by atoms with Gasteiger partial charge in [-0.15, -0.1) is 6.42 Å². The Bertz CT molecular complexity index is 1380. The molecule has 0 bridgehead atoms. The molecular weight excluding hydrogens is 521 g/mol. The summed E-state index contributed by atoms with van der Waals surface area (Å²) < 4.78 is 31.5. The van der Waals surface area contributed by atoms with Gasteiger partial charge in [0.1, 0.15) is 23.5 Å². The van der Waals surface area contributed by atoms with Crippen LogP contribution in [0.1, 0.15) is 32.4 Å². The number of H-pyrrole nitrogens is 1. The van der Waals surface area contributed by atoms with Crippen molar-refractivity contribution in [3.8, 4) is 18.1 Å². The largest absolute Gasteiger partial charge is 0.480 e. The number of carboxylic acids is 1. The summed E-state index contributed by atoms with van der Waals surface area (Å²) in [5, 5.41) is 34.3. The van der Waals surface area contributed by atoms with Gasteiger partial charge in [0.05, 0.1) is 6.61 Å². The summed E-state index contributed by atoms with van der Waals surface area (Å²) in [6.45, 7) is 0.706. The lowest BCUT2D eigenvalue weighted by Gasteiger charge is -2.41. The molecule has 1 aliphatic carbocycles. The summed E-state index contributed by atoms with van der Waals surface area (Å²) in [5.41, 5.74) is -5.76. The van der Waals surface area contributed by atoms with Crippen LogP contribution in [0.5, 0.6) is 5.75 Å². The first-order chi connectivity index (χ1) is 17.9. The van der Waals surface area contributed by atoms with Gasteiger partial charge in [0.25, 0.3) is 5.56 Å². The molecule has 2 aliphatic rings. The molecule has 1 aromatic heterocycles. The van der Waals surface area contributed by atoms with Crippen LogP contribution in [-0.4, -0.2) is 60.8 Å². The number of carbonyl (C=O) groups is 1. The molecular formula is C24H28N3O10P. The molecule has 2 fully saturated rings. The number of ether oxygens (including phenoxy) is 1. The average Bonchev–Trinajstić information content (AvgIpc) is 3.07. The van der Waals surface area contributed by atoms with Crippen LogP contribution in [0.15, 0.2) is 52.2 Å². The quantitative estimate of drug-likeness (QED) is 0.206. The summed E-state index contributed by atoms with van der Waals surface area (Å²) in [6.07, 6.45) is 3.59. The van der Waals surface area contributed by atoms with Gasteiger partial charge in [-0.25, -0.2) is 9.36 Å². The molecule has 204 valence electrons. The second-order valence-corrected chi connectivity index (χ2v) is 11.1. The van der Waals surface area contributed by atoms with E-state index in [2.05, 4.69) is 5.09 Å². The fourth-order valence-corrected chi connectivity index (χ4v) is 6.16. The summed E-state index contributed by atoms with van der Waals surface area (Å²) in [4.78, 5) is 37.9. The van der Waals surface area contributed by atoms with Crippen LogP contribution in [0, 0.1) is 18.3 Å². The Labute approximate surface area is 217 Å². The average molecular weight is 549 g/mol. The Kier molecular flexibility index (Phi) is 7.67. The minimum atomic E-state index is -4.46. The molecule has 1 aromatic carbocycles. The number of hydrogen-bond donors (Lipinski definition) is 5. The number of nitrogens with zero attached hydrogens (tertiary/aromatic N) is 1. The summed E-state index contributed by atoms with van der Waals surface area (Å²) in [5.74, 6) is 0.540. The Morgan fingerprint density at radius 1 is 1.34 bits per heavy atom. The molecule has 14 heteroatoms. The molecule has 6 atom stereocenters. The van der Waals surface area contributed by atoms with Crippen molar-refractivity contribution in [1.82, 2.24) is 14.6 Å². The van der Waals surface area contributed by atoms with Gasteiger partial charge in [-0.1, -0.05) is 30.5 Å². The van der Waals surface area contributed by atoms with Crippen LogP contribution in [0.2, 0.25) is 0 Å². The van der Waals surface area contributed by atoms with E-state index in [0.717, 1.165) is 23.3 Å². The van der Waals surface area contributed by atoms with E-state index >= 15 is 0 Å². The van der Waals surface area contributed by atoms with Crippen LogP contribution >= 0.6 is 7.75 Å². The topological polar surface area (TPSA) is 189 Å². The number of aromatic nitrogens is 2. The molecule has 38 heavy (non-hydrogen) atoms. The van der Waals surface area contributed by atoms with E-state index in [4.69, 9.17) is 20.2 Å². The van der Waals surface area contributed by atoms with Crippen molar-refractivity contribution >= 4 is 13.7 Å². The normalized spacial score (nSPS) is 28.4.